The van der Waals surface area contributed by atoms with Crippen LogP contribution in [0.25, 0.3) is 0 Å². The average Bonchev–Trinajstić information content (AvgIpc) is 2.18. The second-order valence-corrected chi connectivity index (χ2v) is 5.98. The minimum Gasteiger partial charge on any atom is -0.389 e. The van der Waals surface area contributed by atoms with Crippen LogP contribution in [-0.4, -0.2) is 10.7 Å². The molecule has 0 aromatic carbocycles. The van der Waals surface area contributed by atoms with Crippen molar-refractivity contribution in [1.29, 1.82) is 0 Å². The molecule has 0 unspecified atom stereocenters. The van der Waals surface area contributed by atoms with E-state index in [1.807, 2.05) is 6.08 Å². The summed E-state index contributed by atoms with van der Waals surface area (Å²) in [5.74, 6) is 1.90. The van der Waals surface area contributed by atoms with Gasteiger partial charge in [0.1, 0.15) is 0 Å². The van der Waals surface area contributed by atoms with E-state index in [2.05, 4.69) is 34.3 Å². The first-order valence-corrected chi connectivity index (χ1v) is 6.80. The highest BCUT2D eigenvalue weighted by Crippen LogP contribution is 2.46. The van der Waals surface area contributed by atoms with Gasteiger partial charge in [0.05, 0.1) is 5.60 Å². The van der Waals surface area contributed by atoms with Gasteiger partial charge in [-0.1, -0.05) is 40.2 Å². The van der Waals surface area contributed by atoms with Gasteiger partial charge in [0, 0.05) is 5.92 Å². The zero-order chi connectivity index (χ0) is 12.3. The number of aliphatic hydroxyl groups is 1. The van der Waals surface area contributed by atoms with Crippen molar-refractivity contribution in [1.82, 2.24) is 0 Å². The zero-order valence-corrected chi connectivity index (χ0v) is 11.4. The van der Waals surface area contributed by atoms with Gasteiger partial charge in [-0.05, 0) is 37.0 Å². The van der Waals surface area contributed by atoms with Gasteiger partial charge in [-0.15, -0.1) is 6.58 Å². The van der Waals surface area contributed by atoms with E-state index in [-0.39, 0.29) is 5.92 Å². The van der Waals surface area contributed by atoms with Gasteiger partial charge in [0.15, 0.2) is 0 Å². The highest BCUT2D eigenvalue weighted by Gasteiger charge is 2.46. The summed E-state index contributed by atoms with van der Waals surface area (Å²) in [6, 6.07) is 0. The SMILES string of the molecule is C=C[C@@H](CC)[C@]1(O)C[C@H](C)CC[C@H]1C(C)C. The lowest BCUT2D eigenvalue weighted by molar-refractivity contribution is -0.110. The lowest BCUT2D eigenvalue weighted by atomic mass is 9.61. The minimum absolute atomic E-state index is 0.252. The Morgan fingerprint density at radius 1 is 1.44 bits per heavy atom. The molecule has 1 rings (SSSR count). The maximum atomic E-state index is 11.1. The highest BCUT2D eigenvalue weighted by atomic mass is 16.3. The molecule has 0 aliphatic heterocycles. The smallest absolute Gasteiger partial charge is 0.0742 e. The number of hydrogen-bond donors (Lipinski definition) is 1. The van der Waals surface area contributed by atoms with Crippen LogP contribution in [0.1, 0.15) is 53.4 Å². The van der Waals surface area contributed by atoms with Crippen LogP contribution >= 0.6 is 0 Å². The highest BCUT2D eigenvalue weighted by molar-refractivity contribution is 5.02. The molecule has 1 aliphatic carbocycles. The topological polar surface area (TPSA) is 20.2 Å². The van der Waals surface area contributed by atoms with Crippen molar-refractivity contribution in [2.75, 3.05) is 0 Å². The summed E-state index contributed by atoms with van der Waals surface area (Å²) in [4.78, 5) is 0. The Bertz CT molecular complexity index is 234. The molecule has 0 amide bonds. The fourth-order valence-corrected chi connectivity index (χ4v) is 3.59. The Morgan fingerprint density at radius 3 is 2.50 bits per heavy atom. The largest absolute Gasteiger partial charge is 0.389 e. The molecule has 1 fully saturated rings. The number of rotatable bonds is 4. The average molecular weight is 224 g/mol. The van der Waals surface area contributed by atoms with Gasteiger partial charge in [0.25, 0.3) is 0 Å². The van der Waals surface area contributed by atoms with E-state index in [9.17, 15) is 5.11 Å². The first-order chi connectivity index (χ1) is 7.45. The van der Waals surface area contributed by atoms with Crippen molar-refractivity contribution in [3.63, 3.8) is 0 Å². The molecule has 94 valence electrons. The third-order valence-corrected chi connectivity index (χ3v) is 4.46. The van der Waals surface area contributed by atoms with Crippen LogP contribution in [-0.2, 0) is 0 Å². The zero-order valence-electron chi connectivity index (χ0n) is 11.4. The van der Waals surface area contributed by atoms with Crippen LogP contribution in [0, 0.1) is 23.7 Å². The van der Waals surface area contributed by atoms with Crippen molar-refractivity contribution >= 4 is 0 Å². The van der Waals surface area contributed by atoms with Crippen LogP contribution in [0.5, 0.6) is 0 Å². The van der Waals surface area contributed by atoms with Crippen molar-refractivity contribution in [2.24, 2.45) is 23.7 Å². The molecule has 1 heteroatoms. The fourth-order valence-electron chi connectivity index (χ4n) is 3.59. The summed E-state index contributed by atoms with van der Waals surface area (Å²) >= 11 is 0. The van der Waals surface area contributed by atoms with E-state index >= 15 is 0 Å². The third kappa shape index (κ3) is 2.51. The first-order valence-electron chi connectivity index (χ1n) is 6.80. The Morgan fingerprint density at radius 2 is 2.06 bits per heavy atom. The predicted octanol–water partition coefficient (Wildman–Crippen LogP) is 4.02. The van der Waals surface area contributed by atoms with E-state index < -0.39 is 5.60 Å². The quantitative estimate of drug-likeness (QED) is 0.715. The third-order valence-electron chi connectivity index (χ3n) is 4.46. The molecule has 0 heterocycles. The van der Waals surface area contributed by atoms with Gasteiger partial charge < -0.3 is 5.11 Å². The minimum atomic E-state index is -0.512. The lowest BCUT2D eigenvalue weighted by Crippen LogP contribution is -2.50. The molecule has 16 heavy (non-hydrogen) atoms. The summed E-state index contributed by atoms with van der Waals surface area (Å²) < 4.78 is 0. The fraction of sp³-hybridized carbons (Fsp3) is 0.867. The molecule has 0 spiro atoms. The predicted molar refractivity (Wildman–Crippen MR) is 70.3 cm³/mol. The second-order valence-electron chi connectivity index (χ2n) is 5.98. The maximum Gasteiger partial charge on any atom is 0.0742 e. The standard InChI is InChI=1S/C15H28O/c1-6-13(7-2)15(16)10-12(5)8-9-14(15)11(3)4/h6,11-14,16H,1,7-10H2,2-5H3/t12-,13+,14+,15-/m1/s1. The first kappa shape index (κ1) is 13.8. The van der Waals surface area contributed by atoms with E-state index in [1.165, 1.54) is 12.8 Å². The lowest BCUT2D eigenvalue weighted by Gasteiger charge is -2.48. The van der Waals surface area contributed by atoms with Crippen LogP contribution in [0.3, 0.4) is 0 Å². The molecular formula is C15H28O. The van der Waals surface area contributed by atoms with Crippen molar-refractivity contribution in [3.05, 3.63) is 12.7 Å². The Labute approximate surface area is 101 Å². The van der Waals surface area contributed by atoms with Gasteiger partial charge >= 0.3 is 0 Å². The van der Waals surface area contributed by atoms with Gasteiger partial charge in [-0.3, -0.25) is 0 Å². The van der Waals surface area contributed by atoms with Crippen LogP contribution in [0.4, 0.5) is 0 Å². The molecule has 0 bridgehead atoms. The van der Waals surface area contributed by atoms with Crippen molar-refractivity contribution < 1.29 is 5.11 Å². The van der Waals surface area contributed by atoms with E-state index in [4.69, 9.17) is 0 Å². The summed E-state index contributed by atoms with van der Waals surface area (Å²) in [5, 5.41) is 11.1. The summed E-state index contributed by atoms with van der Waals surface area (Å²) in [6.45, 7) is 12.8. The molecule has 0 saturated heterocycles. The molecule has 1 N–H and O–H groups in total. The van der Waals surface area contributed by atoms with E-state index in [1.54, 1.807) is 0 Å². The molecule has 0 aromatic heterocycles. The van der Waals surface area contributed by atoms with Gasteiger partial charge in [-0.2, -0.15) is 0 Å². The second kappa shape index (κ2) is 5.35. The van der Waals surface area contributed by atoms with Crippen LogP contribution in [0.15, 0.2) is 12.7 Å². The van der Waals surface area contributed by atoms with Gasteiger partial charge in [-0.25, -0.2) is 0 Å². The molecule has 1 saturated carbocycles. The molecule has 0 aromatic rings. The van der Waals surface area contributed by atoms with Crippen molar-refractivity contribution in [3.8, 4) is 0 Å². The Hall–Kier alpha value is -0.300. The van der Waals surface area contributed by atoms with Crippen LogP contribution in [0.2, 0.25) is 0 Å². The van der Waals surface area contributed by atoms with Crippen molar-refractivity contribution in [2.45, 2.75) is 59.0 Å². The molecule has 1 nitrogen and oxygen atoms in total. The number of hydrogen-bond acceptors (Lipinski definition) is 1. The molecule has 1 aliphatic rings. The Balaban J connectivity index is 2.95. The molecule has 4 atom stereocenters. The van der Waals surface area contributed by atoms with Gasteiger partial charge in [0.2, 0.25) is 0 Å². The van der Waals surface area contributed by atoms with Crippen LogP contribution < -0.4 is 0 Å². The summed E-state index contributed by atoms with van der Waals surface area (Å²) in [5.41, 5.74) is -0.512. The van der Waals surface area contributed by atoms with E-state index in [0.717, 1.165) is 12.8 Å². The molecular weight excluding hydrogens is 196 g/mol. The van der Waals surface area contributed by atoms with E-state index in [0.29, 0.717) is 17.8 Å². The summed E-state index contributed by atoms with van der Waals surface area (Å²) in [7, 11) is 0. The maximum absolute atomic E-state index is 11.1. The normalized spacial score (nSPS) is 37.4. The molecule has 0 radical (unpaired) electrons. The Kier molecular flexibility index (Phi) is 4.61. The monoisotopic (exact) mass is 224 g/mol. The summed E-state index contributed by atoms with van der Waals surface area (Å²) in [6.07, 6.45) is 6.34.